The molecule has 0 radical (unpaired) electrons. The van der Waals surface area contributed by atoms with Gasteiger partial charge in [-0.15, -0.1) is 0 Å². The molecule has 1 aromatic carbocycles. The molecule has 0 saturated carbocycles. The van der Waals surface area contributed by atoms with Crippen LogP contribution in [0.1, 0.15) is 25.8 Å². The standard InChI is InChI=1S/C13H20FNO/c1-10(15-11(2)9-16)6-7-12-4-3-5-13(14)8-12/h3-5,8,10-11,15-16H,6-7,9H2,1-2H3/t10?,11-/m1/s1. The van der Waals surface area contributed by atoms with Gasteiger partial charge in [-0.3, -0.25) is 0 Å². The highest BCUT2D eigenvalue weighted by Crippen LogP contribution is 2.07. The number of hydrogen-bond donors (Lipinski definition) is 2. The number of nitrogens with one attached hydrogen (secondary N) is 1. The Morgan fingerprint density at radius 3 is 2.69 bits per heavy atom. The number of benzene rings is 1. The van der Waals surface area contributed by atoms with E-state index in [-0.39, 0.29) is 18.5 Å². The Bertz CT molecular complexity index is 317. The molecule has 0 aliphatic heterocycles. The highest BCUT2D eigenvalue weighted by molar-refractivity contribution is 5.16. The molecule has 1 rings (SSSR count). The third-order valence-electron chi connectivity index (χ3n) is 2.60. The fraction of sp³-hybridized carbons (Fsp3) is 0.538. The molecule has 0 aromatic heterocycles. The van der Waals surface area contributed by atoms with Gasteiger partial charge in [0.2, 0.25) is 0 Å². The monoisotopic (exact) mass is 225 g/mol. The molecule has 90 valence electrons. The summed E-state index contributed by atoms with van der Waals surface area (Å²) in [5.74, 6) is -0.179. The largest absolute Gasteiger partial charge is 0.395 e. The predicted octanol–water partition coefficient (Wildman–Crippen LogP) is 2.12. The number of halogens is 1. The average molecular weight is 225 g/mol. The Labute approximate surface area is 96.5 Å². The molecule has 0 aliphatic rings. The van der Waals surface area contributed by atoms with Crippen molar-refractivity contribution in [1.82, 2.24) is 5.32 Å². The van der Waals surface area contributed by atoms with Gasteiger partial charge in [0, 0.05) is 12.1 Å². The number of aliphatic hydroxyl groups is 1. The van der Waals surface area contributed by atoms with E-state index in [4.69, 9.17) is 5.11 Å². The van der Waals surface area contributed by atoms with Crippen LogP contribution in [0.3, 0.4) is 0 Å². The maximum absolute atomic E-state index is 12.9. The number of rotatable bonds is 6. The zero-order valence-corrected chi connectivity index (χ0v) is 9.91. The zero-order valence-electron chi connectivity index (χ0n) is 9.91. The van der Waals surface area contributed by atoms with Gasteiger partial charge < -0.3 is 10.4 Å². The molecule has 1 aromatic rings. The molecule has 16 heavy (non-hydrogen) atoms. The van der Waals surface area contributed by atoms with Gasteiger partial charge in [0.05, 0.1) is 6.61 Å². The zero-order chi connectivity index (χ0) is 12.0. The molecule has 3 heteroatoms. The van der Waals surface area contributed by atoms with Gasteiger partial charge in [0.25, 0.3) is 0 Å². The summed E-state index contributed by atoms with van der Waals surface area (Å²) in [4.78, 5) is 0. The lowest BCUT2D eigenvalue weighted by molar-refractivity contribution is 0.241. The van der Waals surface area contributed by atoms with Gasteiger partial charge in [-0.25, -0.2) is 4.39 Å². The topological polar surface area (TPSA) is 32.3 Å². The van der Waals surface area contributed by atoms with Gasteiger partial charge in [-0.1, -0.05) is 12.1 Å². The normalized spacial score (nSPS) is 14.8. The minimum Gasteiger partial charge on any atom is -0.395 e. The third-order valence-corrected chi connectivity index (χ3v) is 2.60. The minimum absolute atomic E-state index is 0.113. The van der Waals surface area contributed by atoms with Crippen molar-refractivity contribution in [2.24, 2.45) is 0 Å². The summed E-state index contributed by atoms with van der Waals surface area (Å²) in [6, 6.07) is 7.14. The maximum atomic E-state index is 12.9. The average Bonchev–Trinajstić information content (AvgIpc) is 2.26. The fourth-order valence-electron chi connectivity index (χ4n) is 1.70. The maximum Gasteiger partial charge on any atom is 0.123 e. The molecular formula is C13H20FNO. The van der Waals surface area contributed by atoms with Crippen molar-refractivity contribution >= 4 is 0 Å². The minimum atomic E-state index is -0.179. The Balaban J connectivity index is 2.34. The van der Waals surface area contributed by atoms with Gasteiger partial charge in [-0.05, 0) is 44.4 Å². The first kappa shape index (κ1) is 13.1. The van der Waals surface area contributed by atoms with Gasteiger partial charge >= 0.3 is 0 Å². The van der Waals surface area contributed by atoms with E-state index in [0.29, 0.717) is 6.04 Å². The summed E-state index contributed by atoms with van der Waals surface area (Å²) >= 11 is 0. The Morgan fingerprint density at radius 2 is 2.06 bits per heavy atom. The molecular weight excluding hydrogens is 205 g/mol. The molecule has 0 saturated heterocycles. The van der Waals surface area contributed by atoms with E-state index < -0.39 is 0 Å². The summed E-state index contributed by atoms with van der Waals surface area (Å²) in [5, 5.41) is 12.2. The molecule has 0 bridgehead atoms. The second-order valence-corrected chi connectivity index (χ2v) is 4.32. The van der Waals surface area contributed by atoms with Crippen molar-refractivity contribution in [3.8, 4) is 0 Å². The lowest BCUT2D eigenvalue weighted by Crippen LogP contribution is -2.37. The van der Waals surface area contributed by atoms with Crippen LogP contribution in [-0.4, -0.2) is 23.8 Å². The van der Waals surface area contributed by atoms with Gasteiger partial charge in [0.1, 0.15) is 5.82 Å². The van der Waals surface area contributed by atoms with Crippen LogP contribution < -0.4 is 5.32 Å². The first-order valence-corrected chi connectivity index (χ1v) is 5.73. The fourth-order valence-corrected chi connectivity index (χ4v) is 1.70. The molecule has 0 aliphatic carbocycles. The lowest BCUT2D eigenvalue weighted by atomic mass is 10.1. The summed E-state index contributed by atoms with van der Waals surface area (Å²) in [5.41, 5.74) is 1.02. The molecule has 2 nitrogen and oxygen atoms in total. The van der Waals surface area contributed by atoms with E-state index in [9.17, 15) is 4.39 Å². The summed E-state index contributed by atoms with van der Waals surface area (Å²) < 4.78 is 12.9. The third kappa shape index (κ3) is 4.73. The summed E-state index contributed by atoms with van der Waals surface area (Å²) in [7, 11) is 0. The van der Waals surface area contributed by atoms with Crippen LogP contribution in [0.25, 0.3) is 0 Å². The van der Waals surface area contributed by atoms with Crippen molar-refractivity contribution < 1.29 is 9.50 Å². The van der Waals surface area contributed by atoms with Gasteiger partial charge in [0.15, 0.2) is 0 Å². The van der Waals surface area contributed by atoms with Crippen LogP contribution in [0.5, 0.6) is 0 Å². The van der Waals surface area contributed by atoms with Crippen molar-refractivity contribution in [3.05, 3.63) is 35.6 Å². The second kappa shape index (κ2) is 6.61. The van der Waals surface area contributed by atoms with Crippen LogP contribution in [0, 0.1) is 5.82 Å². The Hall–Kier alpha value is -0.930. The van der Waals surface area contributed by atoms with Crippen LogP contribution >= 0.6 is 0 Å². The SMILES string of the molecule is CC(CCc1cccc(F)c1)N[C@H](C)CO. The van der Waals surface area contributed by atoms with E-state index in [1.807, 2.05) is 13.0 Å². The lowest BCUT2D eigenvalue weighted by Gasteiger charge is -2.18. The van der Waals surface area contributed by atoms with E-state index in [1.54, 1.807) is 12.1 Å². The van der Waals surface area contributed by atoms with Crippen molar-refractivity contribution in [2.45, 2.75) is 38.8 Å². The van der Waals surface area contributed by atoms with Crippen molar-refractivity contribution in [1.29, 1.82) is 0 Å². The highest BCUT2D eigenvalue weighted by atomic mass is 19.1. The summed E-state index contributed by atoms with van der Waals surface area (Å²) in [6.07, 6.45) is 1.79. The van der Waals surface area contributed by atoms with Crippen LogP contribution in [0.2, 0.25) is 0 Å². The first-order chi connectivity index (χ1) is 7.61. The molecule has 0 heterocycles. The molecule has 1 unspecified atom stereocenters. The smallest absolute Gasteiger partial charge is 0.123 e. The van der Waals surface area contributed by atoms with Gasteiger partial charge in [-0.2, -0.15) is 0 Å². The van der Waals surface area contributed by atoms with E-state index in [2.05, 4.69) is 12.2 Å². The molecule has 0 spiro atoms. The molecule has 2 N–H and O–H groups in total. The Morgan fingerprint density at radius 1 is 1.31 bits per heavy atom. The molecule has 0 fully saturated rings. The van der Waals surface area contributed by atoms with E-state index in [1.165, 1.54) is 6.07 Å². The molecule has 2 atom stereocenters. The number of hydrogen-bond acceptors (Lipinski definition) is 2. The van der Waals surface area contributed by atoms with Crippen LogP contribution in [-0.2, 0) is 6.42 Å². The Kier molecular flexibility index (Phi) is 5.43. The number of aryl methyl sites for hydroxylation is 1. The quantitative estimate of drug-likeness (QED) is 0.777. The predicted molar refractivity (Wildman–Crippen MR) is 63.9 cm³/mol. The van der Waals surface area contributed by atoms with E-state index >= 15 is 0 Å². The molecule has 0 amide bonds. The van der Waals surface area contributed by atoms with Crippen molar-refractivity contribution in [2.75, 3.05) is 6.61 Å². The van der Waals surface area contributed by atoms with Crippen LogP contribution in [0.4, 0.5) is 4.39 Å². The van der Waals surface area contributed by atoms with Crippen molar-refractivity contribution in [3.63, 3.8) is 0 Å². The summed E-state index contributed by atoms with van der Waals surface area (Å²) in [6.45, 7) is 4.16. The number of aliphatic hydroxyl groups excluding tert-OH is 1. The highest BCUT2D eigenvalue weighted by Gasteiger charge is 2.06. The van der Waals surface area contributed by atoms with Crippen LogP contribution in [0.15, 0.2) is 24.3 Å². The van der Waals surface area contributed by atoms with E-state index in [0.717, 1.165) is 18.4 Å². The second-order valence-electron chi connectivity index (χ2n) is 4.32. The first-order valence-electron chi connectivity index (χ1n) is 5.73.